The topological polar surface area (TPSA) is 47.6 Å². The van der Waals surface area contributed by atoms with E-state index in [4.69, 9.17) is 5.90 Å². The highest BCUT2D eigenvalue weighted by molar-refractivity contribution is 5.78. The van der Waals surface area contributed by atoms with Crippen LogP contribution >= 0.6 is 0 Å². The maximum Gasteiger partial charge on any atom is 0.215 e. The van der Waals surface area contributed by atoms with E-state index < -0.39 is 0 Å². The lowest BCUT2D eigenvalue weighted by Gasteiger charge is -2.03. The van der Waals surface area contributed by atoms with Crippen molar-refractivity contribution in [2.75, 3.05) is 0 Å². The van der Waals surface area contributed by atoms with Crippen LogP contribution in [-0.2, 0) is 4.84 Å². The van der Waals surface area contributed by atoms with Crippen molar-refractivity contribution in [2.45, 2.75) is 13.8 Å². The molecule has 0 heterocycles. The molecular weight excluding hydrogens is 116 g/mol. The van der Waals surface area contributed by atoms with E-state index in [0.717, 1.165) is 0 Å². The van der Waals surface area contributed by atoms with Gasteiger partial charge in [-0.1, -0.05) is 20.4 Å². The van der Waals surface area contributed by atoms with Gasteiger partial charge < -0.3 is 4.84 Å². The van der Waals surface area contributed by atoms with Crippen molar-refractivity contribution < 1.29 is 4.84 Å². The molecule has 0 rings (SSSR count). The lowest BCUT2D eigenvalue weighted by Crippen LogP contribution is -2.15. The fourth-order valence-electron chi connectivity index (χ4n) is 0.406. The summed E-state index contributed by atoms with van der Waals surface area (Å²) < 4.78 is 0. The Hall–Kier alpha value is -0.830. The minimum atomic E-state index is 0.216. The Bertz CT molecular complexity index is 118. The van der Waals surface area contributed by atoms with E-state index in [0.29, 0.717) is 5.90 Å². The summed E-state index contributed by atoms with van der Waals surface area (Å²) in [7, 11) is 0. The average Bonchev–Trinajstić information content (AvgIpc) is 1.82. The molecule has 52 valence electrons. The second-order valence-corrected chi connectivity index (χ2v) is 1.92. The Kier molecular flexibility index (Phi) is 3.71. The number of nitrogens with zero attached hydrogens (tertiary/aromatic N) is 1. The van der Waals surface area contributed by atoms with E-state index in [9.17, 15) is 0 Å². The zero-order valence-electron chi connectivity index (χ0n) is 5.79. The molecule has 3 nitrogen and oxygen atoms in total. The summed E-state index contributed by atoms with van der Waals surface area (Å²) in [6.07, 6.45) is 1.40. The molecule has 0 radical (unpaired) electrons. The molecule has 0 bridgehead atoms. The summed E-state index contributed by atoms with van der Waals surface area (Å²) in [6, 6.07) is 0. The van der Waals surface area contributed by atoms with Crippen LogP contribution in [0, 0.1) is 5.92 Å². The number of aliphatic imine (C=N–C) groups is 1. The number of hydrogen-bond donors (Lipinski definition) is 1. The Morgan fingerprint density at radius 1 is 1.78 bits per heavy atom. The summed E-state index contributed by atoms with van der Waals surface area (Å²) in [6.45, 7) is 7.29. The second-order valence-electron chi connectivity index (χ2n) is 1.92. The first-order valence-electron chi connectivity index (χ1n) is 2.77. The first kappa shape index (κ1) is 8.17. The zero-order valence-corrected chi connectivity index (χ0v) is 5.79. The van der Waals surface area contributed by atoms with E-state index in [1.165, 1.54) is 6.20 Å². The highest BCUT2D eigenvalue weighted by atomic mass is 16.6. The minimum absolute atomic E-state index is 0.216. The third-order valence-electron chi connectivity index (χ3n) is 0.833. The monoisotopic (exact) mass is 128 g/mol. The summed E-state index contributed by atoms with van der Waals surface area (Å²) in [5.74, 6) is 5.60. The van der Waals surface area contributed by atoms with Crippen molar-refractivity contribution in [3.8, 4) is 0 Å². The second kappa shape index (κ2) is 4.09. The smallest absolute Gasteiger partial charge is 0.215 e. The van der Waals surface area contributed by atoms with E-state index in [1.54, 1.807) is 0 Å². The summed E-state index contributed by atoms with van der Waals surface area (Å²) in [5, 5.41) is 0. The largest absolute Gasteiger partial charge is 0.396 e. The van der Waals surface area contributed by atoms with Gasteiger partial charge in [-0.05, 0) is 0 Å². The quantitative estimate of drug-likeness (QED) is 0.343. The number of nitrogens with two attached hydrogens (primary N) is 1. The molecule has 0 spiro atoms. The van der Waals surface area contributed by atoms with Gasteiger partial charge >= 0.3 is 0 Å². The summed E-state index contributed by atoms with van der Waals surface area (Å²) in [5.41, 5.74) is 0. The van der Waals surface area contributed by atoms with Gasteiger partial charge in [-0.25, -0.2) is 4.99 Å². The molecule has 0 amide bonds. The zero-order chi connectivity index (χ0) is 7.28. The van der Waals surface area contributed by atoms with E-state index >= 15 is 0 Å². The van der Waals surface area contributed by atoms with E-state index in [2.05, 4.69) is 16.4 Å². The minimum Gasteiger partial charge on any atom is -0.396 e. The predicted molar refractivity (Wildman–Crippen MR) is 37.7 cm³/mol. The first-order chi connectivity index (χ1) is 4.22. The molecule has 3 heteroatoms. The Morgan fingerprint density at radius 3 is 2.44 bits per heavy atom. The van der Waals surface area contributed by atoms with Crippen molar-refractivity contribution in [1.82, 2.24) is 0 Å². The van der Waals surface area contributed by atoms with Crippen molar-refractivity contribution in [3.63, 3.8) is 0 Å². The van der Waals surface area contributed by atoms with Crippen LogP contribution in [0.3, 0.4) is 0 Å². The molecule has 2 N–H and O–H groups in total. The van der Waals surface area contributed by atoms with Gasteiger partial charge in [0.2, 0.25) is 5.90 Å². The molecule has 0 atom stereocenters. The Labute approximate surface area is 55.2 Å². The molecule has 0 aliphatic rings. The van der Waals surface area contributed by atoms with Gasteiger partial charge in [-0.15, -0.1) is 0 Å². The van der Waals surface area contributed by atoms with Gasteiger partial charge in [-0.3, -0.25) is 0 Å². The van der Waals surface area contributed by atoms with E-state index in [1.807, 2.05) is 13.8 Å². The molecule has 0 unspecified atom stereocenters. The fourth-order valence-corrected chi connectivity index (χ4v) is 0.406. The third kappa shape index (κ3) is 2.87. The molecule has 0 aliphatic heterocycles. The van der Waals surface area contributed by atoms with E-state index in [-0.39, 0.29) is 5.92 Å². The Balaban J connectivity index is 3.96. The van der Waals surface area contributed by atoms with Gasteiger partial charge in [0.05, 0.1) is 0 Å². The van der Waals surface area contributed by atoms with Crippen molar-refractivity contribution >= 4 is 5.90 Å². The summed E-state index contributed by atoms with van der Waals surface area (Å²) >= 11 is 0. The number of hydrogen-bond acceptors (Lipinski definition) is 3. The molecule has 0 saturated carbocycles. The summed E-state index contributed by atoms with van der Waals surface area (Å²) in [4.78, 5) is 8.21. The van der Waals surface area contributed by atoms with Gasteiger partial charge in [0.25, 0.3) is 0 Å². The van der Waals surface area contributed by atoms with Gasteiger partial charge in [0, 0.05) is 12.1 Å². The maximum atomic E-state index is 4.88. The van der Waals surface area contributed by atoms with Gasteiger partial charge in [0.1, 0.15) is 0 Å². The van der Waals surface area contributed by atoms with Crippen LogP contribution in [0.4, 0.5) is 0 Å². The third-order valence-corrected chi connectivity index (χ3v) is 0.833. The predicted octanol–water partition coefficient (Wildman–Crippen LogP) is 1.07. The SMILES string of the molecule is C=CN=C(ON)C(C)C. The molecule has 0 aromatic rings. The van der Waals surface area contributed by atoms with Crippen LogP contribution < -0.4 is 5.90 Å². The standard InChI is InChI=1S/C6H12N2O/c1-4-8-6(9-7)5(2)3/h4-5H,1,7H2,2-3H3. The average molecular weight is 128 g/mol. The molecule has 0 aliphatic carbocycles. The normalized spacial score (nSPS) is 11.8. The maximum absolute atomic E-state index is 4.88. The molecule has 0 aromatic carbocycles. The first-order valence-corrected chi connectivity index (χ1v) is 2.77. The fraction of sp³-hybridized carbons (Fsp3) is 0.500. The number of rotatable bonds is 2. The molecular formula is C6H12N2O. The highest BCUT2D eigenvalue weighted by Gasteiger charge is 2.02. The van der Waals surface area contributed by atoms with Crippen LogP contribution in [0.15, 0.2) is 17.8 Å². The van der Waals surface area contributed by atoms with Crippen LogP contribution in [0.1, 0.15) is 13.8 Å². The lowest BCUT2D eigenvalue weighted by molar-refractivity contribution is 0.299. The molecule has 9 heavy (non-hydrogen) atoms. The van der Waals surface area contributed by atoms with Crippen LogP contribution in [0.5, 0.6) is 0 Å². The van der Waals surface area contributed by atoms with Crippen molar-refractivity contribution in [2.24, 2.45) is 16.8 Å². The molecule has 0 fully saturated rings. The Morgan fingerprint density at radius 2 is 2.33 bits per heavy atom. The van der Waals surface area contributed by atoms with Crippen LogP contribution in [-0.4, -0.2) is 5.90 Å². The highest BCUT2D eigenvalue weighted by Crippen LogP contribution is 1.96. The van der Waals surface area contributed by atoms with Crippen LogP contribution in [0.25, 0.3) is 0 Å². The molecule has 0 aromatic heterocycles. The van der Waals surface area contributed by atoms with Gasteiger partial charge in [-0.2, -0.15) is 5.90 Å². The van der Waals surface area contributed by atoms with Crippen molar-refractivity contribution in [3.05, 3.63) is 12.8 Å². The van der Waals surface area contributed by atoms with Gasteiger partial charge in [0.15, 0.2) is 0 Å². The lowest BCUT2D eigenvalue weighted by atomic mass is 10.2. The van der Waals surface area contributed by atoms with Crippen LogP contribution in [0.2, 0.25) is 0 Å². The van der Waals surface area contributed by atoms with Crippen molar-refractivity contribution in [1.29, 1.82) is 0 Å². The molecule has 0 saturated heterocycles.